The molecule has 1 aromatic carbocycles. The van der Waals surface area contributed by atoms with Crippen LogP contribution in [0.4, 0.5) is 0 Å². The van der Waals surface area contributed by atoms with E-state index in [2.05, 4.69) is 0 Å². The smallest absolute Gasteiger partial charge is 0.184 e. The van der Waals surface area contributed by atoms with Gasteiger partial charge in [0.15, 0.2) is 9.84 Å². The van der Waals surface area contributed by atoms with Crippen LogP contribution in [0, 0.1) is 0 Å². The summed E-state index contributed by atoms with van der Waals surface area (Å²) in [6.07, 6.45) is 4.99. The molecule has 0 spiro atoms. The number of methoxy groups -OCH3 is 1. The molecule has 0 radical (unpaired) electrons. The van der Waals surface area contributed by atoms with Gasteiger partial charge < -0.3 is 4.74 Å². The molecule has 0 aliphatic carbocycles. The molecule has 0 amide bonds. The normalized spacial score (nSPS) is 11.7. The van der Waals surface area contributed by atoms with E-state index in [4.69, 9.17) is 4.74 Å². The number of ether oxygens (including phenoxy) is 1. The van der Waals surface area contributed by atoms with Crippen molar-refractivity contribution in [2.45, 2.75) is 57.1 Å². The Morgan fingerprint density at radius 1 is 1.00 bits per heavy atom. The van der Waals surface area contributed by atoms with Crippen LogP contribution >= 0.6 is 0 Å². The number of hydrogen-bond acceptors (Lipinski definition) is 3. The first kappa shape index (κ1) is 19.5. The van der Waals surface area contributed by atoms with Crippen molar-refractivity contribution in [3.8, 4) is 5.75 Å². The van der Waals surface area contributed by atoms with Crippen LogP contribution in [0.2, 0.25) is 0 Å². The minimum Gasteiger partial charge on any atom is -0.497 e. The molecule has 0 aromatic heterocycles. The van der Waals surface area contributed by atoms with Crippen LogP contribution in [-0.4, -0.2) is 20.3 Å². The van der Waals surface area contributed by atoms with Crippen molar-refractivity contribution in [1.82, 2.24) is 0 Å². The second-order valence-electron chi connectivity index (χ2n) is 6.60. The summed E-state index contributed by atoms with van der Waals surface area (Å²) < 4.78 is 30.6. The van der Waals surface area contributed by atoms with Crippen LogP contribution in [0.25, 0.3) is 0 Å². The summed E-state index contributed by atoms with van der Waals surface area (Å²) in [5, 5.41) is 0. The molecule has 1 aromatic rings. The average molecular weight is 336 g/mol. The van der Waals surface area contributed by atoms with Crippen molar-refractivity contribution in [2.24, 2.45) is 0 Å². The van der Waals surface area contributed by atoms with Crippen molar-refractivity contribution < 1.29 is 13.2 Å². The fourth-order valence-corrected chi connectivity index (χ4v) is 3.85. The van der Waals surface area contributed by atoms with E-state index < -0.39 is 14.6 Å². The molecule has 128 valence electrons. The Bertz CT molecular complexity index is 652. The summed E-state index contributed by atoms with van der Waals surface area (Å²) in [6.45, 7) is 9.77. The van der Waals surface area contributed by atoms with Crippen LogP contribution in [0.1, 0.15) is 47.5 Å². The molecule has 0 aliphatic heterocycles. The zero-order chi connectivity index (χ0) is 17.7. The predicted molar refractivity (Wildman–Crippen MR) is 96.7 cm³/mol. The lowest BCUT2D eigenvalue weighted by Crippen LogP contribution is -2.34. The highest BCUT2D eigenvalue weighted by molar-refractivity contribution is 7.92. The fourth-order valence-electron chi connectivity index (χ4n) is 2.18. The van der Waals surface area contributed by atoms with Gasteiger partial charge in [-0.25, -0.2) is 8.42 Å². The van der Waals surface area contributed by atoms with E-state index in [1.54, 1.807) is 31.4 Å². The van der Waals surface area contributed by atoms with Gasteiger partial charge in [0.25, 0.3) is 0 Å². The SMILES string of the molecule is COc1ccc(S(=O)(=O)C(C)(CC=C(C)C)CC=C(C)C)cc1. The first-order chi connectivity index (χ1) is 10.6. The van der Waals surface area contributed by atoms with Crippen LogP contribution in [0.15, 0.2) is 52.5 Å². The lowest BCUT2D eigenvalue weighted by molar-refractivity contribution is 0.414. The molecular weight excluding hydrogens is 308 g/mol. The third kappa shape index (κ3) is 4.96. The Hall–Kier alpha value is -1.55. The molecule has 0 heterocycles. The van der Waals surface area contributed by atoms with Gasteiger partial charge in [-0.2, -0.15) is 0 Å². The zero-order valence-corrected chi connectivity index (χ0v) is 15.8. The van der Waals surface area contributed by atoms with Crippen molar-refractivity contribution in [3.63, 3.8) is 0 Å². The van der Waals surface area contributed by atoms with Gasteiger partial charge in [-0.3, -0.25) is 0 Å². The predicted octanol–water partition coefficient (Wildman–Crippen LogP) is 4.94. The van der Waals surface area contributed by atoms with Crippen molar-refractivity contribution in [3.05, 3.63) is 47.6 Å². The molecule has 0 saturated heterocycles. The minimum absolute atomic E-state index is 0.338. The van der Waals surface area contributed by atoms with Gasteiger partial charge in [0.05, 0.1) is 16.8 Å². The van der Waals surface area contributed by atoms with E-state index in [9.17, 15) is 8.42 Å². The van der Waals surface area contributed by atoms with E-state index in [-0.39, 0.29) is 0 Å². The third-order valence-corrected chi connectivity index (χ3v) is 6.43. The van der Waals surface area contributed by atoms with Gasteiger partial charge in [-0.1, -0.05) is 23.3 Å². The number of hydrogen-bond donors (Lipinski definition) is 0. The van der Waals surface area contributed by atoms with Crippen LogP contribution in [0.3, 0.4) is 0 Å². The summed E-state index contributed by atoms with van der Waals surface area (Å²) >= 11 is 0. The highest BCUT2D eigenvalue weighted by Gasteiger charge is 2.38. The van der Waals surface area contributed by atoms with Crippen LogP contribution in [-0.2, 0) is 9.84 Å². The standard InChI is InChI=1S/C19H28O3S/c1-15(2)11-13-19(5,14-12-16(3)4)23(20,21)18-9-7-17(22-6)8-10-18/h7-12H,13-14H2,1-6H3. The molecule has 0 aliphatic rings. The van der Waals surface area contributed by atoms with Crippen molar-refractivity contribution >= 4 is 9.84 Å². The fraction of sp³-hybridized carbons (Fsp3) is 0.474. The lowest BCUT2D eigenvalue weighted by atomic mass is 10.00. The summed E-state index contributed by atoms with van der Waals surface area (Å²) in [5.74, 6) is 0.652. The molecule has 0 atom stereocenters. The second-order valence-corrected chi connectivity index (χ2v) is 9.06. The molecule has 3 nitrogen and oxygen atoms in total. The van der Waals surface area contributed by atoms with Crippen molar-refractivity contribution in [2.75, 3.05) is 7.11 Å². The van der Waals surface area contributed by atoms with E-state index in [1.807, 2.05) is 46.8 Å². The molecule has 4 heteroatoms. The molecule has 0 N–H and O–H groups in total. The van der Waals surface area contributed by atoms with E-state index in [0.717, 1.165) is 11.1 Å². The van der Waals surface area contributed by atoms with Crippen LogP contribution in [0.5, 0.6) is 5.75 Å². The largest absolute Gasteiger partial charge is 0.497 e. The Morgan fingerprint density at radius 2 is 1.43 bits per heavy atom. The zero-order valence-electron chi connectivity index (χ0n) is 15.0. The number of allylic oxidation sites excluding steroid dienone is 4. The average Bonchev–Trinajstić information content (AvgIpc) is 2.50. The highest BCUT2D eigenvalue weighted by atomic mass is 32.2. The van der Waals surface area contributed by atoms with Gasteiger partial charge in [-0.15, -0.1) is 0 Å². The van der Waals surface area contributed by atoms with E-state index in [0.29, 0.717) is 23.5 Å². The Morgan fingerprint density at radius 3 is 1.78 bits per heavy atom. The molecular formula is C19H28O3S. The van der Waals surface area contributed by atoms with Gasteiger partial charge in [0, 0.05) is 0 Å². The second kappa shape index (κ2) is 7.82. The van der Waals surface area contributed by atoms with Crippen molar-refractivity contribution in [1.29, 1.82) is 0 Å². The van der Waals surface area contributed by atoms with E-state index >= 15 is 0 Å². The molecule has 1 rings (SSSR count). The summed E-state index contributed by atoms with van der Waals surface area (Å²) in [5.41, 5.74) is 2.25. The maximum Gasteiger partial charge on any atom is 0.184 e. The Balaban J connectivity index is 3.31. The van der Waals surface area contributed by atoms with Gasteiger partial charge in [-0.05, 0) is 71.7 Å². The maximum atomic E-state index is 13.2. The number of rotatable bonds is 7. The van der Waals surface area contributed by atoms with Gasteiger partial charge in [0.1, 0.15) is 5.75 Å². The molecule has 0 fully saturated rings. The van der Waals surface area contributed by atoms with E-state index in [1.165, 1.54) is 0 Å². The number of sulfone groups is 1. The first-order valence-electron chi connectivity index (χ1n) is 7.78. The summed E-state index contributed by atoms with van der Waals surface area (Å²) in [6, 6.07) is 6.62. The monoisotopic (exact) mass is 336 g/mol. The van der Waals surface area contributed by atoms with Gasteiger partial charge in [0.2, 0.25) is 0 Å². The molecule has 0 unspecified atom stereocenters. The quantitative estimate of drug-likeness (QED) is 0.662. The number of benzene rings is 1. The molecule has 0 bridgehead atoms. The maximum absolute atomic E-state index is 13.2. The lowest BCUT2D eigenvalue weighted by Gasteiger charge is -2.28. The van der Waals surface area contributed by atoms with Gasteiger partial charge >= 0.3 is 0 Å². The Labute approximate surface area is 141 Å². The minimum atomic E-state index is -3.46. The topological polar surface area (TPSA) is 43.4 Å². The molecule has 23 heavy (non-hydrogen) atoms. The summed E-state index contributed by atoms with van der Waals surface area (Å²) in [4.78, 5) is 0.338. The Kier molecular flexibility index (Phi) is 6.63. The van der Waals surface area contributed by atoms with Crippen LogP contribution < -0.4 is 4.74 Å². The molecule has 0 saturated carbocycles. The highest BCUT2D eigenvalue weighted by Crippen LogP contribution is 2.34. The first-order valence-corrected chi connectivity index (χ1v) is 9.26. The third-order valence-electron chi connectivity index (χ3n) is 3.90. The summed E-state index contributed by atoms with van der Waals surface area (Å²) in [7, 11) is -1.89.